The van der Waals surface area contributed by atoms with Gasteiger partial charge < -0.3 is 10.0 Å². The first kappa shape index (κ1) is 17.7. The number of hydrogen-bond donors (Lipinski definition) is 1. The van der Waals surface area contributed by atoms with Gasteiger partial charge in [0.2, 0.25) is 5.91 Å². The van der Waals surface area contributed by atoms with E-state index < -0.39 is 12.0 Å². The minimum atomic E-state index is -0.785. The van der Waals surface area contributed by atoms with Gasteiger partial charge in [0.25, 0.3) is 0 Å². The normalized spacial score (nSPS) is 16.1. The molecule has 0 bridgehead atoms. The van der Waals surface area contributed by atoms with Gasteiger partial charge in [-0.1, -0.05) is 54.6 Å². The van der Waals surface area contributed by atoms with Crippen molar-refractivity contribution in [3.05, 3.63) is 78.4 Å². The van der Waals surface area contributed by atoms with Crippen LogP contribution in [-0.2, 0) is 4.79 Å². The van der Waals surface area contributed by atoms with E-state index in [4.69, 9.17) is 0 Å². The van der Waals surface area contributed by atoms with Crippen LogP contribution in [0.3, 0.4) is 0 Å². The van der Waals surface area contributed by atoms with E-state index >= 15 is 0 Å². The Kier molecular flexibility index (Phi) is 4.95. The van der Waals surface area contributed by atoms with E-state index in [1.165, 1.54) is 0 Å². The minimum Gasteiger partial charge on any atom is -0.388 e. The lowest BCUT2D eigenvalue weighted by Crippen LogP contribution is -2.39. The summed E-state index contributed by atoms with van der Waals surface area (Å²) in [6.45, 7) is 2.58. The predicted molar refractivity (Wildman–Crippen MR) is 110 cm³/mol. The summed E-state index contributed by atoms with van der Waals surface area (Å²) in [5.41, 5.74) is 1.71. The van der Waals surface area contributed by atoms with Crippen LogP contribution in [0, 0.1) is 11.8 Å². The quantitative estimate of drug-likeness (QED) is 0.676. The van der Waals surface area contributed by atoms with Crippen LogP contribution in [0.2, 0.25) is 0 Å². The summed E-state index contributed by atoms with van der Waals surface area (Å²) in [6.07, 6.45) is 1.23. The molecule has 2 atom stereocenters. The summed E-state index contributed by atoms with van der Waals surface area (Å²) in [4.78, 5) is 15.2. The second-order valence-electron chi connectivity index (χ2n) is 7.33. The van der Waals surface area contributed by atoms with Crippen LogP contribution in [0.15, 0.2) is 72.8 Å². The van der Waals surface area contributed by atoms with Crippen LogP contribution >= 0.6 is 0 Å². The smallest absolute Gasteiger partial charge is 0.233 e. The van der Waals surface area contributed by atoms with Crippen molar-refractivity contribution in [1.29, 1.82) is 0 Å². The highest BCUT2D eigenvalue weighted by atomic mass is 16.3. The molecule has 4 rings (SSSR count). The lowest BCUT2D eigenvalue weighted by Gasteiger charge is -2.29. The fraction of sp³-hybridized carbons (Fsp3) is 0.292. The summed E-state index contributed by atoms with van der Waals surface area (Å²) in [5, 5.41) is 13.4. The van der Waals surface area contributed by atoms with Crippen LogP contribution < -0.4 is 4.90 Å². The number of carbonyl (C=O) groups is 1. The highest BCUT2D eigenvalue weighted by Gasteiger charge is 2.43. The largest absolute Gasteiger partial charge is 0.388 e. The van der Waals surface area contributed by atoms with Gasteiger partial charge in [-0.05, 0) is 60.2 Å². The number of fused-ring (bicyclic) bond motifs is 1. The van der Waals surface area contributed by atoms with Gasteiger partial charge in [0.1, 0.15) is 0 Å². The maximum Gasteiger partial charge on any atom is 0.233 e. The summed E-state index contributed by atoms with van der Waals surface area (Å²) in [6, 6.07) is 23.8. The standard InChI is InChI=1S/C24H25NO2/c1-2-25(21-10-4-3-5-11-21)24(27)22(18-13-14-18)23(26)20-15-12-17-8-6-7-9-19(17)16-20/h3-12,15-16,18,22-23,26H,2,13-14H2,1H3/t22-,23-/m1/s1. The third-order valence-corrected chi connectivity index (χ3v) is 5.52. The fourth-order valence-corrected chi connectivity index (χ4v) is 3.90. The van der Waals surface area contributed by atoms with E-state index in [0.717, 1.165) is 34.9 Å². The van der Waals surface area contributed by atoms with Crippen molar-refractivity contribution < 1.29 is 9.90 Å². The number of benzene rings is 3. The second-order valence-corrected chi connectivity index (χ2v) is 7.33. The monoisotopic (exact) mass is 359 g/mol. The van der Waals surface area contributed by atoms with Crippen molar-refractivity contribution in [3.63, 3.8) is 0 Å². The molecular weight excluding hydrogens is 334 g/mol. The lowest BCUT2D eigenvalue weighted by atomic mass is 9.89. The summed E-state index contributed by atoms with van der Waals surface area (Å²) >= 11 is 0. The zero-order valence-corrected chi connectivity index (χ0v) is 15.6. The van der Waals surface area contributed by atoms with Gasteiger partial charge in [-0.3, -0.25) is 4.79 Å². The molecule has 3 heteroatoms. The van der Waals surface area contributed by atoms with Crippen molar-refractivity contribution in [2.24, 2.45) is 11.8 Å². The molecular formula is C24H25NO2. The summed E-state index contributed by atoms with van der Waals surface area (Å²) in [5.74, 6) is -0.116. The molecule has 27 heavy (non-hydrogen) atoms. The Labute approximate surface area is 160 Å². The van der Waals surface area contributed by atoms with Crippen molar-refractivity contribution >= 4 is 22.4 Å². The van der Waals surface area contributed by atoms with E-state index in [9.17, 15) is 9.90 Å². The highest BCUT2D eigenvalue weighted by Crippen LogP contribution is 2.44. The topological polar surface area (TPSA) is 40.5 Å². The molecule has 1 aliphatic carbocycles. The minimum absolute atomic E-state index is 0.0202. The molecule has 138 valence electrons. The molecule has 1 saturated carbocycles. The Morgan fingerprint density at radius 2 is 1.67 bits per heavy atom. The molecule has 0 heterocycles. The number of hydrogen-bond acceptors (Lipinski definition) is 2. The molecule has 1 N–H and O–H groups in total. The average Bonchev–Trinajstić information content (AvgIpc) is 3.54. The average molecular weight is 359 g/mol. The number of rotatable bonds is 6. The van der Waals surface area contributed by atoms with E-state index in [1.54, 1.807) is 4.90 Å². The molecule has 3 aromatic carbocycles. The molecule has 0 aromatic heterocycles. The van der Waals surface area contributed by atoms with Gasteiger partial charge in [0, 0.05) is 12.2 Å². The number of carbonyl (C=O) groups excluding carboxylic acids is 1. The Balaban J connectivity index is 1.65. The van der Waals surface area contributed by atoms with Crippen molar-refractivity contribution in [2.75, 3.05) is 11.4 Å². The SMILES string of the molecule is CCN(C(=O)[C@H](C1CC1)[C@H](O)c1ccc2ccccc2c1)c1ccccc1. The number of aliphatic hydroxyl groups is 1. The summed E-state index contributed by atoms with van der Waals surface area (Å²) in [7, 11) is 0. The first-order valence-electron chi connectivity index (χ1n) is 9.72. The number of para-hydroxylation sites is 1. The van der Waals surface area contributed by atoms with Crippen LogP contribution in [0.25, 0.3) is 10.8 Å². The first-order chi connectivity index (χ1) is 13.2. The Morgan fingerprint density at radius 1 is 1.00 bits per heavy atom. The van der Waals surface area contributed by atoms with Crippen LogP contribution in [0.5, 0.6) is 0 Å². The van der Waals surface area contributed by atoms with E-state index in [1.807, 2.05) is 73.7 Å². The molecule has 0 aliphatic heterocycles. The van der Waals surface area contributed by atoms with Crippen LogP contribution in [-0.4, -0.2) is 17.6 Å². The maximum atomic E-state index is 13.4. The Morgan fingerprint density at radius 3 is 2.33 bits per heavy atom. The lowest BCUT2D eigenvalue weighted by molar-refractivity contribution is -0.127. The molecule has 1 fully saturated rings. The fourth-order valence-electron chi connectivity index (χ4n) is 3.90. The van der Waals surface area contributed by atoms with Gasteiger partial charge in [-0.2, -0.15) is 0 Å². The molecule has 0 saturated heterocycles. The third kappa shape index (κ3) is 3.60. The number of anilines is 1. The predicted octanol–water partition coefficient (Wildman–Crippen LogP) is 4.95. The van der Waals surface area contributed by atoms with Crippen molar-refractivity contribution in [1.82, 2.24) is 0 Å². The van der Waals surface area contributed by atoms with Gasteiger partial charge in [-0.15, -0.1) is 0 Å². The first-order valence-corrected chi connectivity index (χ1v) is 9.72. The molecule has 0 spiro atoms. The van der Waals surface area contributed by atoms with Crippen LogP contribution in [0.4, 0.5) is 5.69 Å². The molecule has 3 aromatic rings. The number of amides is 1. The van der Waals surface area contributed by atoms with Gasteiger partial charge in [0.15, 0.2) is 0 Å². The number of nitrogens with zero attached hydrogens (tertiary/aromatic N) is 1. The zero-order chi connectivity index (χ0) is 18.8. The second kappa shape index (κ2) is 7.53. The molecule has 1 amide bonds. The number of aliphatic hydroxyl groups excluding tert-OH is 1. The van der Waals surface area contributed by atoms with Gasteiger partial charge in [-0.25, -0.2) is 0 Å². The maximum absolute atomic E-state index is 13.4. The molecule has 0 unspecified atom stereocenters. The molecule has 0 radical (unpaired) electrons. The zero-order valence-electron chi connectivity index (χ0n) is 15.6. The molecule has 3 nitrogen and oxygen atoms in total. The highest BCUT2D eigenvalue weighted by molar-refractivity contribution is 5.96. The molecule has 1 aliphatic rings. The van der Waals surface area contributed by atoms with Crippen LogP contribution in [0.1, 0.15) is 31.4 Å². The Bertz CT molecular complexity index is 933. The third-order valence-electron chi connectivity index (χ3n) is 5.52. The van der Waals surface area contributed by atoms with E-state index in [2.05, 4.69) is 6.07 Å². The van der Waals surface area contributed by atoms with Gasteiger partial charge >= 0.3 is 0 Å². The van der Waals surface area contributed by atoms with Gasteiger partial charge in [0.05, 0.1) is 12.0 Å². The van der Waals surface area contributed by atoms with Crippen molar-refractivity contribution in [2.45, 2.75) is 25.9 Å². The van der Waals surface area contributed by atoms with E-state index in [0.29, 0.717) is 6.54 Å². The summed E-state index contributed by atoms with van der Waals surface area (Å²) < 4.78 is 0. The van der Waals surface area contributed by atoms with Crippen molar-refractivity contribution in [3.8, 4) is 0 Å². The van der Waals surface area contributed by atoms with E-state index in [-0.39, 0.29) is 11.8 Å². The Hall–Kier alpha value is -2.65.